The molecule has 110 valence electrons. The van der Waals surface area contributed by atoms with Gasteiger partial charge in [-0.3, -0.25) is 15.1 Å². The summed E-state index contributed by atoms with van der Waals surface area (Å²) in [5.41, 5.74) is 3.57. The molecule has 5 nitrogen and oxygen atoms in total. The van der Waals surface area contributed by atoms with Crippen LogP contribution in [-0.2, 0) is 19.4 Å². The van der Waals surface area contributed by atoms with E-state index in [1.54, 1.807) is 24.3 Å². The number of nitrogens with one attached hydrogen (secondary N) is 1. The molecule has 2 aromatic rings. The second-order valence-electron chi connectivity index (χ2n) is 4.81. The number of non-ortho nitro benzene ring substituents is 1. The van der Waals surface area contributed by atoms with Crippen LogP contribution in [0.1, 0.15) is 23.7 Å². The molecule has 0 spiro atoms. The van der Waals surface area contributed by atoms with Crippen molar-refractivity contribution in [2.45, 2.75) is 26.3 Å². The van der Waals surface area contributed by atoms with E-state index < -0.39 is 0 Å². The molecule has 5 heteroatoms. The van der Waals surface area contributed by atoms with Gasteiger partial charge in [0.15, 0.2) is 0 Å². The van der Waals surface area contributed by atoms with Gasteiger partial charge in [-0.1, -0.05) is 25.1 Å². The van der Waals surface area contributed by atoms with E-state index in [2.05, 4.69) is 23.3 Å². The van der Waals surface area contributed by atoms with Crippen LogP contribution in [0.3, 0.4) is 0 Å². The Bertz CT molecular complexity index is 597. The molecule has 1 N–H and O–H groups in total. The summed E-state index contributed by atoms with van der Waals surface area (Å²) in [6, 6.07) is 10.8. The van der Waals surface area contributed by atoms with Crippen LogP contribution in [0.5, 0.6) is 0 Å². The predicted molar refractivity (Wildman–Crippen MR) is 82.1 cm³/mol. The first kappa shape index (κ1) is 15.1. The molecule has 0 radical (unpaired) electrons. The van der Waals surface area contributed by atoms with Crippen molar-refractivity contribution in [3.63, 3.8) is 0 Å². The van der Waals surface area contributed by atoms with Gasteiger partial charge >= 0.3 is 0 Å². The van der Waals surface area contributed by atoms with Crippen molar-refractivity contribution in [1.29, 1.82) is 0 Å². The molecular formula is C16H19N3O2. The summed E-state index contributed by atoms with van der Waals surface area (Å²) in [5, 5.41) is 13.9. The van der Waals surface area contributed by atoms with Gasteiger partial charge in [-0.25, -0.2) is 0 Å². The number of benzene rings is 1. The average molecular weight is 285 g/mol. The number of hydrogen-bond donors (Lipinski definition) is 1. The van der Waals surface area contributed by atoms with Gasteiger partial charge in [0.2, 0.25) is 0 Å². The smallest absolute Gasteiger partial charge is 0.269 e. The normalized spacial score (nSPS) is 10.5. The predicted octanol–water partition coefficient (Wildman–Crippen LogP) is 2.88. The van der Waals surface area contributed by atoms with Crippen molar-refractivity contribution < 1.29 is 4.92 Å². The van der Waals surface area contributed by atoms with Crippen LogP contribution >= 0.6 is 0 Å². The monoisotopic (exact) mass is 285 g/mol. The third-order valence-corrected chi connectivity index (χ3v) is 3.40. The number of pyridine rings is 1. The van der Waals surface area contributed by atoms with E-state index in [4.69, 9.17) is 0 Å². The summed E-state index contributed by atoms with van der Waals surface area (Å²) in [6.45, 7) is 3.69. The molecule has 0 aliphatic rings. The molecule has 0 fully saturated rings. The molecule has 0 aliphatic carbocycles. The van der Waals surface area contributed by atoms with E-state index >= 15 is 0 Å². The van der Waals surface area contributed by atoms with Crippen molar-refractivity contribution >= 4 is 5.69 Å². The fourth-order valence-corrected chi connectivity index (χ4v) is 2.18. The van der Waals surface area contributed by atoms with Crippen molar-refractivity contribution in [2.24, 2.45) is 0 Å². The molecule has 1 aromatic carbocycles. The lowest BCUT2D eigenvalue weighted by atomic mass is 10.1. The first-order valence-electron chi connectivity index (χ1n) is 7.07. The zero-order valence-electron chi connectivity index (χ0n) is 12.1. The van der Waals surface area contributed by atoms with E-state index in [9.17, 15) is 10.1 Å². The van der Waals surface area contributed by atoms with Crippen molar-refractivity contribution in [2.75, 3.05) is 6.54 Å². The number of hydrogen-bond acceptors (Lipinski definition) is 4. The molecule has 21 heavy (non-hydrogen) atoms. The number of nitro groups is 1. The lowest BCUT2D eigenvalue weighted by Gasteiger charge is -2.08. The first-order chi connectivity index (χ1) is 10.2. The largest absolute Gasteiger partial charge is 0.311 e. The van der Waals surface area contributed by atoms with Crippen LogP contribution in [0.4, 0.5) is 5.69 Å². The molecule has 1 heterocycles. The van der Waals surface area contributed by atoms with Crippen LogP contribution in [-0.4, -0.2) is 16.5 Å². The number of nitro benzene ring substituents is 1. The molecular weight excluding hydrogens is 266 g/mol. The summed E-state index contributed by atoms with van der Waals surface area (Å²) in [4.78, 5) is 14.6. The van der Waals surface area contributed by atoms with Gasteiger partial charge in [0.1, 0.15) is 0 Å². The maximum atomic E-state index is 10.6. The highest BCUT2D eigenvalue weighted by Gasteiger charge is 2.04. The Morgan fingerprint density at radius 1 is 1.24 bits per heavy atom. The molecule has 0 aliphatic heterocycles. The highest BCUT2D eigenvalue weighted by Crippen LogP contribution is 2.12. The zero-order valence-corrected chi connectivity index (χ0v) is 12.1. The Balaban J connectivity index is 1.80. The summed E-state index contributed by atoms with van der Waals surface area (Å²) in [6.07, 6.45) is 3.63. The SMILES string of the molecule is CCc1cccnc1CNCCc1ccc([N+](=O)[O-])cc1. The molecule has 0 amide bonds. The first-order valence-corrected chi connectivity index (χ1v) is 7.07. The van der Waals surface area contributed by atoms with Crippen LogP contribution in [0, 0.1) is 10.1 Å². The Kier molecular flexibility index (Phi) is 5.40. The van der Waals surface area contributed by atoms with Crippen LogP contribution in [0.25, 0.3) is 0 Å². The summed E-state index contributed by atoms with van der Waals surface area (Å²) >= 11 is 0. The summed E-state index contributed by atoms with van der Waals surface area (Å²) in [5.74, 6) is 0. The highest BCUT2D eigenvalue weighted by molar-refractivity contribution is 5.32. The molecule has 0 bridgehead atoms. The second kappa shape index (κ2) is 7.50. The van der Waals surface area contributed by atoms with Crippen LogP contribution < -0.4 is 5.32 Å². The lowest BCUT2D eigenvalue weighted by molar-refractivity contribution is -0.384. The van der Waals surface area contributed by atoms with E-state index in [1.165, 1.54) is 5.56 Å². The quantitative estimate of drug-likeness (QED) is 0.482. The third-order valence-electron chi connectivity index (χ3n) is 3.40. The van der Waals surface area contributed by atoms with Gasteiger partial charge in [0.05, 0.1) is 10.6 Å². The van der Waals surface area contributed by atoms with E-state index in [1.807, 2.05) is 12.3 Å². The topological polar surface area (TPSA) is 68.1 Å². The fourth-order valence-electron chi connectivity index (χ4n) is 2.18. The minimum absolute atomic E-state index is 0.132. The Morgan fingerprint density at radius 3 is 2.67 bits per heavy atom. The Labute approximate surface area is 124 Å². The van der Waals surface area contributed by atoms with Gasteiger partial charge in [0.25, 0.3) is 5.69 Å². The van der Waals surface area contributed by atoms with E-state index in [-0.39, 0.29) is 10.6 Å². The van der Waals surface area contributed by atoms with Crippen molar-refractivity contribution in [3.05, 3.63) is 69.5 Å². The Hall–Kier alpha value is -2.27. The maximum absolute atomic E-state index is 10.6. The van der Waals surface area contributed by atoms with Crippen molar-refractivity contribution in [3.8, 4) is 0 Å². The fraction of sp³-hybridized carbons (Fsp3) is 0.312. The summed E-state index contributed by atoms with van der Waals surface area (Å²) < 4.78 is 0. The average Bonchev–Trinajstić information content (AvgIpc) is 2.52. The van der Waals surface area contributed by atoms with Crippen molar-refractivity contribution in [1.82, 2.24) is 10.3 Å². The van der Waals surface area contributed by atoms with E-state index in [0.29, 0.717) is 0 Å². The number of rotatable bonds is 7. The molecule has 1 aromatic heterocycles. The Morgan fingerprint density at radius 2 is 2.00 bits per heavy atom. The second-order valence-corrected chi connectivity index (χ2v) is 4.81. The molecule has 0 atom stereocenters. The standard InChI is InChI=1S/C16H19N3O2/c1-2-14-4-3-10-18-16(14)12-17-11-9-13-5-7-15(8-6-13)19(20)21/h3-8,10,17H,2,9,11-12H2,1H3. The zero-order chi connectivity index (χ0) is 15.1. The lowest BCUT2D eigenvalue weighted by Crippen LogP contribution is -2.18. The molecule has 0 unspecified atom stereocenters. The van der Waals surface area contributed by atoms with Gasteiger partial charge < -0.3 is 5.32 Å². The number of aromatic nitrogens is 1. The van der Waals surface area contributed by atoms with Crippen LogP contribution in [0.2, 0.25) is 0 Å². The summed E-state index contributed by atoms with van der Waals surface area (Å²) in [7, 11) is 0. The highest BCUT2D eigenvalue weighted by atomic mass is 16.6. The minimum Gasteiger partial charge on any atom is -0.311 e. The van der Waals surface area contributed by atoms with Gasteiger partial charge in [-0.2, -0.15) is 0 Å². The maximum Gasteiger partial charge on any atom is 0.269 e. The van der Waals surface area contributed by atoms with Gasteiger partial charge in [-0.15, -0.1) is 0 Å². The number of aryl methyl sites for hydroxylation is 1. The molecule has 0 saturated heterocycles. The van der Waals surface area contributed by atoms with Crippen LogP contribution in [0.15, 0.2) is 42.6 Å². The van der Waals surface area contributed by atoms with Gasteiger partial charge in [0, 0.05) is 24.9 Å². The molecule has 0 saturated carbocycles. The minimum atomic E-state index is -0.380. The number of nitrogens with zero attached hydrogens (tertiary/aromatic N) is 2. The molecule has 2 rings (SSSR count). The van der Waals surface area contributed by atoms with Gasteiger partial charge in [-0.05, 0) is 36.6 Å². The third kappa shape index (κ3) is 4.36. The van der Waals surface area contributed by atoms with E-state index in [0.717, 1.165) is 37.2 Å².